The van der Waals surface area contributed by atoms with Crippen LogP contribution < -0.4 is 0 Å². The van der Waals surface area contributed by atoms with Gasteiger partial charge in [0.2, 0.25) is 0 Å². The number of carbonyl (C=O) groups excluding carboxylic acids is 1. The van der Waals surface area contributed by atoms with Crippen molar-refractivity contribution in [2.24, 2.45) is 0 Å². The number of ether oxygens (including phenoxy) is 1. The fourth-order valence-corrected chi connectivity index (χ4v) is 2.21. The number of benzene rings is 1. The maximum absolute atomic E-state index is 12.3. The summed E-state index contributed by atoms with van der Waals surface area (Å²) >= 11 is 5.95. The first-order valence-corrected chi connectivity index (χ1v) is 7.09. The molecule has 0 saturated carbocycles. The Kier molecular flexibility index (Phi) is 4.02. The molecule has 0 atom stereocenters. The number of hydrogen-bond donors (Lipinski definition) is 0. The molecular weight excluding hydrogens is 306 g/mol. The highest BCUT2D eigenvalue weighted by Gasteiger charge is 2.15. The summed E-state index contributed by atoms with van der Waals surface area (Å²) in [6.45, 7) is 1.83. The van der Waals surface area contributed by atoms with Crippen LogP contribution in [0.2, 0.25) is 5.15 Å². The number of esters is 1. The maximum Gasteiger partial charge on any atom is 0.339 e. The molecule has 0 aliphatic rings. The predicted octanol–water partition coefficient (Wildman–Crippen LogP) is 3.19. The van der Waals surface area contributed by atoms with E-state index < -0.39 is 5.97 Å². The number of aromatic nitrogens is 3. The first-order chi connectivity index (χ1) is 10.7. The number of para-hydroxylation sites is 1. The average Bonchev–Trinajstić information content (AvgIpc) is 2.99. The van der Waals surface area contributed by atoms with Gasteiger partial charge in [-0.3, -0.25) is 0 Å². The van der Waals surface area contributed by atoms with E-state index in [0.29, 0.717) is 28.7 Å². The number of fused-ring (bicyclic) bond motifs is 1. The van der Waals surface area contributed by atoms with Gasteiger partial charge in [-0.25, -0.2) is 9.78 Å². The van der Waals surface area contributed by atoms with Crippen molar-refractivity contribution in [3.05, 3.63) is 52.8 Å². The predicted molar refractivity (Wildman–Crippen MR) is 79.5 cm³/mol. The van der Waals surface area contributed by atoms with Crippen LogP contribution in [0.5, 0.6) is 0 Å². The van der Waals surface area contributed by atoms with Crippen molar-refractivity contribution in [1.29, 1.82) is 0 Å². The second-order valence-electron chi connectivity index (χ2n) is 4.54. The lowest BCUT2D eigenvalue weighted by Crippen LogP contribution is -2.07. The molecule has 0 bridgehead atoms. The fourth-order valence-electron chi connectivity index (χ4n) is 2.01. The Balaban J connectivity index is 1.83. The van der Waals surface area contributed by atoms with E-state index in [2.05, 4.69) is 15.1 Å². The van der Waals surface area contributed by atoms with Gasteiger partial charge in [-0.05, 0) is 12.1 Å². The quantitative estimate of drug-likeness (QED) is 0.543. The monoisotopic (exact) mass is 317 g/mol. The van der Waals surface area contributed by atoms with Crippen LogP contribution in [-0.2, 0) is 17.8 Å². The molecule has 0 aliphatic carbocycles. The molecule has 0 saturated heterocycles. The molecule has 0 amide bonds. The molecule has 3 rings (SSSR count). The molecule has 0 aliphatic heterocycles. The molecule has 0 spiro atoms. The Hall–Kier alpha value is -2.47. The molecule has 2 aromatic heterocycles. The van der Waals surface area contributed by atoms with Gasteiger partial charge in [0.15, 0.2) is 12.4 Å². The topological polar surface area (TPSA) is 78.1 Å². The third kappa shape index (κ3) is 2.92. The van der Waals surface area contributed by atoms with Gasteiger partial charge < -0.3 is 9.26 Å². The van der Waals surface area contributed by atoms with Gasteiger partial charge in [0.25, 0.3) is 5.89 Å². The molecule has 112 valence electrons. The Bertz CT molecular complexity index is 832. The summed E-state index contributed by atoms with van der Waals surface area (Å²) in [7, 11) is 0. The van der Waals surface area contributed by atoms with Crippen LogP contribution in [0.1, 0.15) is 29.0 Å². The zero-order chi connectivity index (χ0) is 15.5. The van der Waals surface area contributed by atoms with E-state index in [4.69, 9.17) is 20.9 Å². The highest BCUT2D eigenvalue weighted by atomic mass is 35.5. The zero-order valence-corrected chi connectivity index (χ0v) is 12.5. The normalized spacial score (nSPS) is 10.8. The number of aryl methyl sites for hydroxylation is 1. The lowest BCUT2D eigenvalue weighted by Gasteiger charge is -2.06. The summed E-state index contributed by atoms with van der Waals surface area (Å²) in [6.07, 6.45) is 0.655. The van der Waals surface area contributed by atoms with Crippen LogP contribution in [0.3, 0.4) is 0 Å². The van der Waals surface area contributed by atoms with E-state index in [1.807, 2.05) is 19.1 Å². The van der Waals surface area contributed by atoms with Gasteiger partial charge in [-0.1, -0.05) is 41.9 Å². The van der Waals surface area contributed by atoms with Gasteiger partial charge in [0.05, 0.1) is 11.1 Å². The first kappa shape index (κ1) is 14.5. The highest BCUT2D eigenvalue weighted by Crippen LogP contribution is 2.21. The van der Waals surface area contributed by atoms with Crippen molar-refractivity contribution >= 4 is 28.5 Å². The Morgan fingerprint density at radius 2 is 2.14 bits per heavy atom. The number of carbonyl (C=O) groups is 1. The molecule has 22 heavy (non-hydrogen) atoms. The Morgan fingerprint density at radius 1 is 1.32 bits per heavy atom. The first-order valence-electron chi connectivity index (χ1n) is 6.71. The van der Waals surface area contributed by atoms with E-state index in [1.54, 1.807) is 12.1 Å². The van der Waals surface area contributed by atoms with E-state index >= 15 is 0 Å². The molecule has 0 unspecified atom stereocenters. The largest absolute Gasteiger partial charge is 0.452 e. The molecule has 7 heteroatoms. The van der Waals surface area contributed by atoms with Crippen molar-refractivity contribution in [2.75, 3.05) is 0 Å². The minimum absolute atomic E-state index is 0.0832. The van der Waals surface area contributed by atoms with Gasteiger partial charge >= 0.3 is 5.97 Å². The lowest BCUT2D eigenvalue weighted by atomic mass is 10.1. The lowest BCUT2D eigenvalue weighted by molar-refractivity contribution is 0.0432. The maximum atomic E-state index is 12.3. The van der Waals surface area contributed by atoms with Crippen LogP contribution in [-0.4, -0.2) is 21.1 Å². The molecule has 0 radical (unpaired) electrons. The number of hydrogen-bond acceptors (Lipinski definition) is 6. The second kappa shape index (κ2) is 6.11. The number of nitrogens with zero attached hydrogens (tertiary/aromatic N) is 3. The molecule has 6 nitrogen and oxygen atoms in total. The number of halogens is 1. The second-order valence-corrected chi connectivity index (χ2v) is 4.93. The van der Waals surface area contributed by atoms with Gasteiger partial charge in [0.1, 0.15) is 5.15 Å². The minimum Gasteiger partial charge on any atom is -0.452 e. The smallest absolute Gasteiger partial charge is 0.339 e. The molecule has 2 heterocycles. The minimum atomic E-state index is -0.517. The van der Waals surface area contributed by atoms with E-state index in [0.717, 1.165) is 0 Å². The van der Waals surface area contributed by atoms with Crippen LogP contribution in [0, 0.1) is 0 Å². The molecular formula is C15H12ClN3O3. The summed E-state index contributed by atoms with van der Waals surface area (Å²) in [6, 6.07) is 8.70. The number of rotatable bonds is 4. The third-order valence-electron chi connectivity index (χ3n) is 3.06. The van der Waals surface area contributed by atoms with Crippen LogP contribution in [0.4, 0.5) is 0 Å². The summed E-state index contributed by atoms with van der Waals surface area (Å²) in [5.74, 6) is 0.315. The summed E-state index contributed by atoms with van der Waals surface area (Å²) in [4.78, 5) is 20.5. The summed E-state index contributed by atoms with van der Waals surface area (Å²) < 4.78 is 10.2. The average molecular weight is 318 g/mol. The Morgan fingerprint density at radius 3 is 2.91 bits per heavy atom. The molecule has 0 N–H and O–H groups in total. The van der Waals surface area contributed by atoms with Gasteiger partial charge in [0, 0.05) is 11.8 Å². The summed E-state index contributed by atoms with van der Waals surface area (Å²) in [5, 5.41) is 4.65. The van der Waals surface area contributed by atoms with Crippen molar-refractivity contribution in [3.8, 4) is 0 Å². The number of pyridine rings is 1. The highest BCUT2D eigenvalue weighted by molar-refractivity contribution is 6.30. The molecule has 3 aromatic rings. The molecule has 1 aromatic carbocycles. The van der Waals surface area contributed by atoms with Crippen LogP contribution in [0.25, 0.3) is 10.9 Å². The van der Waals surface area contributed by atoms with E-state index in [-0.39, 0.29) is 17.7 Å². The van der Waals surface area contributed by atoms with Gasteiger partial charge in [-0.15, -0.1) is 0 Å². The van der Waals surface area contributed by atoms with Crippen LogP contribution >= 0.6 is 11.6 Å². The van der Waals surface area contributed by atoms with Crippen molar-refractivity contribution in [2.45, 2.75) is 20.0 Å². The van der Waals surface area contributed by atoms with Crippen molar-refractivity contribution in [3.63, 3.8) is 0 Å². The Labute approximate surface area is 131 Å². The molecule has 0 fully saturated rings. The summed E-state index contributed by atoms with van der Waals surface area (Å²) in [5.41, 5.74) is 0.985. The van der Waals surface area contributed by atoms with Crippen molar-refractivity contribution in [1.82, 2.24) is 15.1 Å². The third-order valence-corrected chi connectivity index (χ3v) is 3.25. The fraction of sp³-hybridized carbons (Fsp3) is 0.200. The SMILES string of the molecule is CCc1noc(COC(=O)c2cc(Cl)nc3ccccc23)n1. The zero-order valence-electron chi connectivity index (χ0n) is 11.7. The van der Waals surface area contributed by atoms with E-state index in [9.17, 15) is 4.79 Å². The standard InChI is InChI=1S/C15H12ClN3O3/c1-2-13-18-14(22-19-13)8-21-15(20)10-7-12(16)17-11-6-4-3-5-9(10)11/h3-7H,2,8H2,1H3. The van der Waals surface area contributed by atoms with Crippen molar-refractivity contribution < 1.29 is 14.1 Å². The van der Waals surface area contributed by atoms with E-state index in [1.165, 1.54) is 6.07 Å². The van der Waals surface area contributed by atoms with Crippen LogP contribution in [0.15, 0.2) is 34.9 Å². The van der Waals surface area contributed by atoms with Gasteiger partial charge in [-0.2, -0.15) is 4.98 Å².